The zero-order valence-corrected chi connectivity index (χ0v) is 16.3. The summed E-state index contributed by atoms with van der Waals surface area (Å²) in [5.74, 6) is -1.40. The van der Waals surface area contributed by atoms with Crippen LogP contribution in [0, 0.1) is 11.8 Å². The van der Waals surface area contributed by atoms with Gasteiger partial charge in [0.25, 0.3) is 5.91 Å². The molecule has 0 saturated carbocycles. The van der Waals surface area contributed by atoms with Crippen LogP contribution in [-0.4, -0.2) is 75.4 Å². The number of Topliss-reactive ketones (excluding diaryl/α,β-unsaturated/α-hetero) is 2. The summed E-state index contributed by atoms with van der Waals surface area (Å²) in [6.07, 6.45) is -0.848. The van der Waals surface area contributed by atoms with Crippen molar-refractivity contribution in [1.82, 2.24) is 9.80 Å². The zero-order valence-electron chi connectivity index (χ0n) is 16.3. The van der Waals surface area contributed by atoms with Gasteiger partial charge in [0, 0.05) is 43.6 Å². The van der Waals surface area contributed by atoms with Gasteiger partial charge in [0.15, 0.2) is 11.6 Å². The Hall–Kier alpha value is -2.22. The highest BCUT2D eigenvalue weighted by molar-refractivity contribution is 6.13. The number of hydrogen-bond acceptors (Lipinski definition) is 5. The SMILES string of the molecule is CC1=C(CCC(C)(O)C(=O)N2CCN(C(=O)O)CC2)C(=O)C(C)C(C)C1=O. The van der Waals surface area contributed by atoms with Crippen LogP contribution in [0.5, 0.6) is 0 Å². The summed E-state index contributed by atoms with van der Waals surface area (Å²) in [4.78, 5) is 51.1. The standard InChI is InChI=1S/C19H28N2O6/c1-11-12(2)16(23)14(13(3)15(11)22)5-6-19(4,27)17(24)20-7-9-21(10-8-20)18(25)26/h11-12,27H,5-10H2,1-4H3,(H,25,26). The zero-order chi connectivity index (χ0) is 20.5. The normalized spacial score (nSPS) is 26.3. The largest absolute Gasteiger partial charge is 0.465 e. The van der Waals surface area contributed by atoms with Gasteiger partial charge in [-0.05, 0) is 32.3 Å². The Morgan fingerprint density at radius 2 is 1.52 bits per heavy atom. The number of carboxylic acid groups (broad SMARTS) is 1. The number of carbonyl (C=O) groups excluding carboxylic acids is 3. The van der Waals surface area contributed by atoms with Crippen LogP contribution < -0.4 is 0 Å². The van der Waals surface area contributed by atoms with Gasteiger partial charge < -0.3 is 20.0 Å². The monoisotopic (exact) mass is 380 g/mol. The molecule has 8 heteroatoms. The van der Waals surface area contributed by atoms with Gasteiger partial charge in [-0.1, -0.05) is 13.8 Å². The van der Waals surface area contributed by atoms with Gasteiger partial charge in [-0.2, -0.15) is 0 Å². The van der Waals surface area contributed by atoms with E-state index in [0.717, 1.165) is 0 Å². The number of aliphatic hydroxyl groups is 1. The fourth-order valence-electron chi connectivity index (χ4n) is 3.63. The summed E-state index contributed by atoms with van der Waals surface area (Å²) in [7, 11) is 0. The maximum absolute atomic E-state index is 12.7. The molecule has 1 heterocycles. The van der Waals surface area contributed by atoms with E-state index in [9.17, 15) is 24.3 Å². The van der Waals surface area contributed by atoms with Crippen molar-refractivity contribution in [3.63, 3.8) is 0 Å². The molecule has 0 spiro atoms. The van der Waals surface area contributed by atoms with Crippen molar-refractivity contribution in [3.05, 3.63) is 11.1 Å². The first-order valence-electron chi connectivity index (χ1n) is 9.25. The second-order valence-corrected chi connectivity index (χ2v) is 7.75. The van der Waals surface area contributed by atoms with Crippen molar-refractivity contribution in [2.75, 3.05) is 26.2 Å². The third-order valence-corrected chi connectivity index (χ3v) is 5.86. The maximum Gasteiger partial charge on any atom is 0.407 e. The van der Waals surface area contributed by atoms with E-state index >= 15 is 0 Å². The second kappa shape index (κ2) is 7.80. The third kappa shape index (κ3) is 4.21. The Balaban J connectivity index is 2.04. The lowest BCUT2D eigenvalue weighted by atomic mass is 9.74. The highest BCUT2D eigenvalue weighted by atomic mass is 16.4. The number of amides is 2. The number of hydrogen-bond donors (Lipinski definition) is 2. The Morgan fingerprint density at radius 3 is 2.04 bits per heavy atom. The minimum absolute atomic E-state index is 0.0256. The number of ketones is 2. The lowest BCUT2D eigenvalue weighted by Gasteiger charge is -2.37. The molecule has 0 radical (unpaired) electrons. The summed E-state index contributed by atoms with van der Waals surface area (Å²) in [6, 6.07) is 0. The van der Waals surface area contributed by atoms with E-state index < -0.39 is 23.5 Å². The summed E-state index contributed by atoms with van der Waals surface area (Å²) in [6.45, 7) is 7.32. The van der Waals surface area contributed by atoms with Gasteiger partial charge in [-0.15, -0.1) is 0 Å². The second-order valence-electron chi connectivity index (χ2n) is 7.75. The Kier molecular flexibility index (Phi) is 6.09. The van der Waals surface area contributed by atoms with Crippen molar-refractivity contribution in [2.24, 2.45) is 11.8 Å². The quantitative estimate of drug-likeness (QED) is 0.754. The average molecular weight is 380 g/mol. The molecule has 1 saturated heterocycles. The van der Waals surface area contributed by atoms with Gasteiger partial charge in [-0.25, -0.2) is 4.79 Å². The average Bonchev–Trinajstić information content (AvgIpc) is 2.64. The predicted molar refractivity (Wildman–Crippen MR) is 97.1 cm³/mol. The summed E-state index contributed by atoms with van der Waals surface area (Å²) >= 11 is 0. The molecule has 2 N–H and O–H groups in total. The number of nitrogens with zero attached hydrogens (tertiary/aromatic N) is 2. The van der Waals surface area contributed by atoms with E-state index in [1.807, 2.05) is 0 Å². The van der Waals surface area contributed by atoms with Crippen LogP contribution in [0.15, 0.2) is 11.1 Å². The van der Waals surface area contributed by atoms with Crippen LogP contribution in [0.3, 0.4) is 0 Å². The van der Waals surface area contributed by atoms with Crippen LogP contribution in [0.2, 0.25) is 0 Å². The van der Waals surface area contributed by atoms with Crippen molar-refractivity contribution >= 4 is 23.6 Å². The first-order chi connectivity index (χ1) is 12.5. The van der Waals surface area contributed by atoms with Crippen LogP contribution in [0.4, 0.5) is 4.79 Å². The molecule has 0 bridgehead atoms. The Morgan fingerprint density at radius 1 is 1.04 bits per heavy atom. The minimum Gasteiger partial charge on any atom is -0.465 e. The Bertz CT molecular complexity index is 688. The molecule has 150 valence electrons. The minimum atomic E-state index is -1.69. The summed E-state index contributed by atoms with van der Waals surface area (Å²) in [5, 5.41) is 19.6. The maximum atomic E-state index is 12.7. The molecule has 8 nitrogen and oxygen atoms in total. The van der Waals surface area contributed by atoms with Gasteiger partial charge in [0.2, 0.25) is 0 Å². The van der Waals surface area contributed by atoms with Gasteiger partial charge in [-0.3, -0.25) is 14.4 Å². The molecule has 27 heavy (non-hydrogen) atoms. The van der Waals surface area contributed by atoms with Crippen LogP contribution in [-0.2, 0) is 14.4 Å². The first kappa shape index (κ1) is 21.1. The fraction of sp³-hybridized carbons (Fsp3) is 0.684. The molecular weight excluding hydrogens is 352 g/mol. The summed E-state index contributed by atoms with van der Waals surface area (Å²) < 4.78 is 0. The van der Waals surface area contributed by atoms with Crippen LogP contribution >= 0.6 is 0 Å². The molecule has 1 aliphatic carbocycles. The summed E-state index contributed by atoms with van der Waals surface area (Å²) in [5.41, 5.74) is -0.868. The van der Waals surface area contributed by atoms with E-state index in [2.05, 4.69) is 0 Å². The first-order valence-corrected chi connectivity index (χ1v) is 9.25. The molecule has 0 aromatic heterocycles. The number of carbonyl (C=O) groups is 4. The number of rotatable bonds is 4. The molecule has 2 rings (SSSR count). The highest BCUT2D eigenvalue weighted by Gasteiger charge is 2.39. The predicted octanol–water partition coefficient (Wildman–Crippen LogP) is 1.08. The molecular formula is C19H28N2O6. The van der Waals surface area contributed by atoms with Crippen molar-refractivity contribution in [1.29, 1.82) is 0 Å². The van der Waals surface area contributed by atoms with Gasteiger partial charge in [0.05, 0.1) is 0 Å². The molecule has 0 aromatic rings. The van der Waals surface area contributed by atoms with E-state index in [4.69, 9.17) is 5.11 Å². The number of allylic oxidation sites excluding steroid dienone is 2. The van der Waals surface area contributed by atoms with Crippen molar-refractivity contribution < 1.29 is 29.4 Å². The van der Waals surface area contributed by atoms with E-state index in [1.54, 1.807) is 20.8 Å². The van der Waals surface area contributed by atoms with Crippen LogP contribution in [0.1, 0.15) is 40.5 Å². The van der Waals surface area contributed by atoms with Gasteiger partial charge in [0.1, 0.15) is 5.60 Å². The molecule has 2 amide bonds. The van der Waals surface area contributed by atoms with Crippen molar-refractivity contribution in [2.45, 2.75) is 46.1 Å². The van der Waals surface area contributed by atoms with Crippen molar-refractivity contribution in [3.8, 4) is 0 Å². The van der Waals surface area contributed by atoms with Gasteiger partial charge >= 0.3 is 6.09 Å². The fourth-order valence-corrected chi connectivity index (χ4v) is 3.63. The highest BCUT2D eigenvalue weighted by Crippen LogP contribution is 2.32. The third-order valence-electron chi connectivity index (χ3n) is 5.86. The molecule has 2 aliphatic rings. The van der Waals surface area contributed by atoms with Crippen LogP contribution in [0.25, 0.3) is 0 Å². The lowest BCUT2D eigenvalue weighted by molar-refractivity contribution is -0.151. The molecule has 1 aliphatic heterocycles. The van der Waals surface area contributed by atoms with E-state index in [0.29, 0.717) is 11.1 Å². The topological polar surface area (TPSA) is 115 Å². The van der Waals surface area contributed by atoms with E-state index in [-0.39, 0.29) is 56.5 Å². The molecule has 3 atom stereocenters. The molecule has 1 fully saturated rings. The lowest BCUT2D eigenvalue weighted by Crippen LogP contribution is -2.55. The smallest absolute Gasteiger partial charge is 0.407 e. The van der Waals surface area contributed by atoms with E-state index in [1.165, 1.54) is 16.7 Å². The number of piperazine rings is 1. The molecule has 0 aromatic carbocycles. The Labute approximate surface area is 158 Å². The molecule has 3 unspecified atom stereocenters.